The monoisotopic (exact) mass is 255 g/mol. The fraction of sp³-hybridized carbons (Fsp3) is 1.00. The standard InChI is InChI=1S/C16H33NO/c1-14(2)6-5-10-17-11-7-16(8-12-17)18-13-9-15(3)4/h14-16H,5-13H2,1-4H3. The lowest BCUT2D eigenvalue weighted by atomic mass is 10.1. The molecular formula is C16H33NO. The highest BCUT2D eigenvalue weighted by Crippen LogP contribution is 2.16. The maximum absolute atomic E-state index is 5.96. The number of ether oxygens (including phenoxy) is 1. The van der Waals surface area contributed by atoms with Crippen LogP contribution in [-0.2, 0) is 4.74 Å². The summed E-state index contributed by atoms with van der Waals surface area (Å²) < 4.78 is 5.96. The van der Waals surface area contributed by atoms with Crippen LogP contribution in [0.1, 0.15) is 59.8 Å². The summed E-state index contributed by atoms with van der Waals surface area (Å²) in [7, 11) is 0. The lowest BCUT2D eigenvalue weighted by molar-refractivity contribution is 0.00291. The van der Waals surface area contributed by atoms with Crippen molar-refractivity contribution in [3.8, 4) is 0 Å². The molecule has 0 aromatic rings. The second-order valence-electron chi connectivity index (χ2n) is 6.63. The van der Waals surface area contributed by atoms with E-state index in [2.05, 4.69) is 32.6 Å². The Morgan fingerprint density at radius 3 is 2.17 bits per heavy atom. The van der Waals surface area contributed by atoms with Crippen molar-refractivity contribution in [1.29, 1.82) is 0 Å². The minimum absolute atomic E-state index is 0.532. The van der Waals surface area contributed by atoms with E-state index in [-0.39, 0.29) is 0 Å². The zero-order chi connectivity index (χ0) is 13.4. The zero-order valence-corrected chi connectivity index (χ0v) is 13.0. The van der Waals surface area contributed by atoms with Crippen molar-refractivity contribution in [2.24, 2.45) is 11.8 Å². The van der Waals surface area contributed by atoms with Gasteiger partial charge in [0.25, 0.3) is 0 Å². The minimum atomic E-state index is 0.532. The molecule has 0 spiro atoms. The molecule has 1 aliphatic rings. The summed E-state index contributed by atoms with van der Waals surface area (Å²) in [6, 6.07) is 0. The molecular weight excluding hydrogens is 222 g/mol. The van der Waals surface area contributed by atoms with Crippen LogP contribution in [0.15, 0.2) is 0 Å². The summed E-state index contributed by atoms with van der Waals surface area (Å²) in [5.41, 5.74) is 0. The average Bonchev–Trinajstić information content (AvgIpc) is 2.30. The third kappa shape index (κ3) is 7.38. The Morgan fingerprint density at radius 1 is 1.00 bits per heavy atom. The van der Waals surface area contributed by atoms with E-state index in [1.165, 1.54) is 51.7 Å². The van der Waals surface area contributed by atoms with Gasteiger partial charge in [-0.25, -0.2) is 0 Å². The van der Waals surface area contributed by atoms with Gasteiger partial charge in [0, 0.05) is 19.7 Å². The predicted molar refractivity (Wildman–Crippen MR) is 78.9 cm³/mol. The zero-order valence-electron chi connectivity index (χ0n) is 13.0. The van der Waals surface area contributed by atoms with E-state index < -0.39 is 0 Å². The van der Waals surface area contributed by atoms with Gasteiger partial charge in [-0.1, -0.05) is 27.7 Å². The van der Waals surface area contributed by atoms with E-state index in [1.807, 2.05) is 0 Å². The molecule has 0 N–H and O–H groups in total. The van der Waals surface area contributed by atoms with Crippen LogP contribution in [0.2, 0.25) is 0 Å². The number of hydrogen-bond acceptors (Lipinski definition) is 2. The van der Waals surface area contributed by atoms with E-state index in [0.29, 0.717) is 6.10 Å². The van der Waals surface area contributed by atoms with E-state index >= 15 is 0 Å². The maximum Gasteiger partial charge on any atom is 0.0599 e. The van der Waals surface area contributed by atoms with Gasteiger partial charge < -0.3 is 9.64 Å². The fourth-order valence-corrected chi connectivity index (χ4v) is 2.49. The van der Waals surface area contributed by atoms with Gasteiger partial charge in [0.05, 0.1) is 6.10 Å². The van der Waals surface area contributed by atoms with E-state index in [4.69, 9.17) is 4.74 Å². The highest BCUT2D eigenvalue weighted by molar-refractivity contribution is 4.72. The molecule has 0 aromatic carbocycles. The molecule has 108 valence electrons. The van der Waals surface area contributed by atoms with Crippen molar-refractivity contribution in [2.75, 3.05) is 26.2 Å². The molecule has 0 bridgehead atoms. The lowest BCUT2D eigenvalue weighted by Gasteiger charge is -2.32. The summed E-state index contributed by atoms with van der Waals surface area (Å²) in [6.45, 7) is 13.9. The average molecular weight is 255 g/mol. The molecule has 1 fully saturated rings. The SMILES string of the molecule is CC(C)CCCN1CCC(OCCC(C)C)CC1. The first-order valence-corrected chi connectivity index (χ1v) is 7.92. The molecule has 0 saturated carbocycles. The third-order valence-electron chi connectivity index (χ3n) is 3.84. The Kier molecular flexibility index (Phi) is 7.92. The van der Waals surface area contributed by atoms with Gasteiger partial charge >= 0.3 is 0 Å². The van der Waals surface area contributed by atoms with Crippen molar-refractivity contribution >= 4 is 0 Å². The number of piperidine rings is 1. The topological polar surface area (TPSA) is 12.5 Å². The lowest BCUT2D eigenvalue weighted by Crippen LogP contribution is -2.37. The summed E-state index contributed by atoms with van der Waals surface area (Å²) in [4.78, 5) is 2.62. The number of hydrogen-bond donors (Lipinski definition) is 0. The summed E-state index contributed by atoms with van der Waals surface area (Å²) >= 11 is 0. The summed E-state index contributed by atoms with van der Waals surface area (Å²) in [5.74, 6) is 1.61. The van der Waals surface area contributed by atoms with E-state index in [1.54, 1.807) is 0 Å². The molecule has 1 rings (SSSR count). The summed E-state index contributed by atoms with van der Waals surface area (Å²) in [5, 5.41) is 0. The third-order valence-corrected chi connectivity index (χ3v) is 3.84. The van der Waals surface area contributed by atoms with Gasteiger partial charge in [-0.05, 0) is 50.5 Å². The molecule has 0 unspecified atom stereocenters. The molecule has 0 atom stereocenters. The highest BCUT2D eigenvalue weighted by Gasteiger charge is 2.19. The normalized spacial score (nSPS) is 19.0. The minimum Gasteiger partial charge on any atom is -0.378 e. The largest absolute Gasteiger partial charge is 0.378 e. The smallest absolute Gasteiger partial charge is 0.0599 e. The molecule has 1 saturated heterocycles. The Hall–Kier alpha value is -0.0800. The number of likely N-dealkylation sites (tertiary alicyclic amines) is 1. The van der Waals surface area contributed by atoms with Crippen molar-refractivity contribution in [3.63, 3.8) is 0 Å². The molecule has 0 aliphatic carbocycles. The van der Waals surface area contributed by atoms with Crippen molar-refractivity contribution < 1.29 is 4.74 Å². The molecule has 0 radical (unpaired) electrons. The molecule has 1 heterocycles. The van der Waals surface area contributed by atoms with Gasteiger partial charge in [0.2, 0.25) is 0 Å². The van der Waals surface area contributed by atoms with Crippen molar-refractivity contribution in [2.45, 2.75) is 65.9 Å². The highest BCUT2D eigenvalue weighted by atomic mass is 16.5. The van der Waals surface area contributed by atoms with Crippen molar-refractivity contribution in [1.82, 2.24) is 4.90 Å². The number of nitrogens with zero attached hydrogens (tertiary/aromatic N) is 1. The van der Waals surface area contributed by atoms with Crippen LogP contribution in [0.3, 0.4) is 0 Å². The Labute approximate surface area is 114 Å². The first kappa shape index (κ1) is 16.0. The van der Waals surface area contributed by atoms with Gasteiger partial charge in [-0.2, -0.15) is 0 Å². The second-order valence-corrected chi connectivity index (χ2v) is 6.63. The molecule has 1 aliphatic heterocycles. The van der Waals surface area contributed by atoms with Gasteiger partial charge in [0.15, 0.2) is 0 Å². The van der Waals surface area contributed by atoms with E-state index in [9.17, 15) is 0 Å². The molecule has 0 amide bonds. The van der Waals surface area contributed by atoms with Crippen LogP contribution >= 0.6 is 0 Å². The van der Waals surface area contributed by atoms with Gasteiger partial charge in [-0.3, -0.25) is 0 Å². The van der Waals surface area contributed by atoms with Crippen molar-refractivity contribution in [3.05, 3.63) is 0 Å². The van der Waals surface area contributed by atoms with Gasteiger partial charge in [0.1, 0.15) is 0 Å². The van der Waals surface area contributed by atoms with Crippen LogP contribution in [-0.4, -0.2) is 37.2 Å². The van der Waals surface area contributed by atoms with Crippen LogP contribution in [0.4, 0.5) is 0 Å². The van der Waals surface area contributed by atoms with Crippen LogP contribution in [0, 0.1) is 11.8 Å². The maximum atomic E-state index is 5.96. The molecule has 2 heteroatoms. The Balaban J connectivity index is 2.02. The molecule has 18 heavy (non-hydrogen) atoms. The number of rotatable bonds is 8. The first-order valence-electron chi connectivity index (χ1n) is 7.92. The van der Waals surface area contributed by atoms with Gasteiger partial charge in [-0.15, -0.1) is 0 Å². The van der Waals surface area contributed by atoms with Crippen LogP contribution in [0.5, 0.6) is 0 Å². The Bertz CT molecular complexity index is 173. The van der Waals surface area contributed by atoms with Crippen LogP contribution in [0.25, 0.3) is 0 Å². The first-order chi connectivity index (χ1) is 8.58. The molecule has 2 nitrogen and oxygen atoms in total. The summed E-state index contributed by atoms with van der Waals surface area (Å²) in [6.07, 6.45) is 6.93. The quantitative estimate of drug-likeness (QED) is 0.651. The van der Waals surface area contributed by atoms with E-state index in [0.717, 1.165) is 18.4 Å². The fourth-order valence-electron chi connectivity index (χ4n) is 2.49. The molecule has 0 aromatic heterocycles. The van der Waals surface area contributed by atoms with Crippen LogP contribution < -0.4 is 0 Å². The second kappa shape index (κ2) is 8.92. The Morgan fingerprint density at radius 2 is 1.61 bits per heavy atom. The predicted octanol–water partition coefficient (Wildman–Crippen LogP) is 3.95.